The third-order valence-electron chi connectivity index (χ3n) is 2.65. The Morgan fingerprint density at radius 2 is 2.24 bits per heavy atom. The number of nitrogens with one attached hydrogen (secondary N) is 1. The van der Waals surface area contributed by atoms with Crippen LogP contribution >= 0.6 is 0 Å². The predicted molar refractivity (Wildman–Crippen MR) is 71.4 cm³/mol. The van der Waals surface area contributed by atoms with Gasteiger partial charge in [-0.05, 0) is 33.0 Å². The van der Waals surface area contributed by atoms with Gasteiger partial charge in [-0.15, -0.1) is 0 Å². The number of rotatable bonds is 7. The van der Waals surface area contributed by atoms with Gasteiger partial charge in [0.25, 0.3) is 0 Å². The first-order valence-electron chi connectivity index (χ1n) is 6.04. The van der Waals surface area contributed by atoms with Crippen LogP contribution < -0.4 is 10.2 Å². The molecular weight excluding hydrogens is 214 g/mol. The molecule has 0 bridgehead atoms. The van der Waals surface area contributed by atoms with E-state index in [2.05, 4.69) is 41.2 Å². The van der Waals surface area contributed by atoms with Gasteiger partial charge < -0.3 is 15.0 Å². The Morgan fingerprint density at radius 1 is 1.47 bits per heavy atom. The van der Waals surface area contributed by atoms with Crippen LogP contribution in [0.25, 0.3) is 0 Å². The summed E-state index contributed by atoms with van der Waals surface area (Å²) < 4.78 is 5.15. The molecule has 0 aliphatic heterocycles. The molecule has 4 heteroatoms. The summed E-state index contributed by atoms with van der Waals surface area (Å²) in [5, 5.41) is 3.12. The Labute approximate surface area is 104 Å². The summed E-state index contributed by atoms with van der Waals surface area (Å²) in [6.07, 6.45) is 1.87. The molecule has 0 amide bonds. The van der Waals surface area contributed by atoms with Gasteiger partial charge in [0.2, 0.25) is 0 Å². The molecule has 1 N–H and O–H groups in total. The van der Waals surface area contributed by atoms with E-state index in [4.69, 9.17) is 4.74 Å². The molecule has 96 valence electrons. The van der Waals surface area contributed by atoms with Crippen LogP contribution in [0.5, 0.6) is 0 Å². The van der Waals surface area contributed by atoms with Crippen molar-refractivity contribution in [1.82, 2.24) is 10.3 Å². The van der Waals surface area contributed by atoms with E-state index >= 15 is 0 Å². The maximum atomic E-state index is 5.15. The zero-order valence-corrected chi connectivity index (χ0v) is 11.2. The fourth-order valence-corrected chi connectivity index (χ4v) is 1.80. The number of hydrogen-bond donors (Lipinski definition) is 1. The lowest BCUT2D eigenvalue weighted by molar-refractivity contribution is 0.204. The third kappa shape index (κ3) is 4.32. The fraction of sp³-hybridized carbons (Fsp3) is 0.615. The number of anilines is 1. The molecule has 0 aliphatic carbocycles. The molecular formula is C13H23N3O. The molecule has 17 heavy (non-hydrogen) atoms. The highest BCUT2D eigenvalue weighted by Crippen LogP contribution is 2.17. The molecule has 1 aromatic heterocycles. The minimum absolute atomic E-state index is 0.454. The van der Waals surface area contributed by atoms with Crippen LogP contribution in [-0.4, -0.2) is 38.3 Å². The van der Waals surface area contributed by atoms with Crippen LogP contribution in [0.15, 0.2) is 18.3 Å². The van der Waals surface area contributed by atoms with Gasteiger partial charge in [-0.25, -0.2) is 0 Å². The van der Waals surface area contributed by atoms with Gasteiger partial charge in [0.15, 0.2) is 0 Å². The maximum absolute atomic E-state index is 5.15. The molecule has 0 saturated heterocycles. The van der Waals surface area contributed by atoms with Crippen molar-refractivity contribution < 1.29 is 4.74 Å². The van der Waals surface area contributed by atoms with Crippen molar-refractivity contribution in [3.63, 3.8) is 0 Å². The number of hydrogen-bond acceptors (Lipinski definition) is 4. The molecule has 0 aromatic carbocycles. The second kappa shape index (κ2) is 7.25. The number of nitrogens with zero attached hydrogens (tertiary/aromatic N) is 2. The Balaban J connectivity index is 2.81. The lowest BCUT2D eigenvalue weighted by Crippen LogP contribution is -2.33. The lowest BCUT2D eigenvalue weighted by atomic mass is 10.2. The fourth-order valence-electron chi connectivity index (χ4n) is 1.80. The number of ether oxygens (including phenoxy) is 1. The molecule has 0 saturated carbocycles. The Morgan fingerprint density at radius 3 is 2.82 bits per heavy atom. The summed E-state index contributed by atoms with van der Waals surface area (Å²) in [7, 11) is 3.66. The zero-order chi connectivity index (χ0) is 12.7. The first kappa shape index (κ1) is 13.9. The van der Waals surface area contributed by atoms with Crippen molar-refractivity contribution in [2.45, 2.75) is 26.4 Å². The Kier molecular flexibility index (Phi) is 5.94. The van der Waals surface area contributed by atoms with Gasteiger partial charge in [-0.2, -0.15) is 0 Å². The van der Waals surface area contributed by atoms with Crippen LogP contribution in [-0.2, 0) is 11.3 Å². The van der Waals surface area contributed by atoms with Crippen molar-refractivity contribution in [1.29, 1.82) is 0 Å². The smallest absolute Gasteiger partial charge is 0.0637 e. The van der Waals surface area contributed by atoms with Gasteiger partial charge >= 0.3 is 0 Å². The number of aromatic nitrogens is 1. The third-order valence-corrected chi connectivity index (χ3v) is 2.65. The molecule has 4 nitrogen and oxygen atoms in total. The zero-order valence-electron chi connectivity index (χ0n) is 11.2. The highest BCUT2D eigenvalue weighted by Gasteiger charge is 2.10. The van der Waals surface area contributed by atoms with E-state index in [-0.39, 0.29) is 0 Å². The van der Waals surface area contributed by atoms with E-state index in [1.165, 1.54) is 5.69 Å². The molecule has 1 aromatic rings. The number of methoxy groups -OCH3 is 1. The van der Waals surface area contributed by atoms with E-state index in [0.29, 0.717) is 6.04 Å². The SMILES string of the molecule is CNCc1cc(N(CCOC)C(C)C)ccn1. The number of pyridine rings is 1. The van der Waals surface area contributed by atoms with E-state index in [9.17, 15) is 0 Å². The van der Waals surface area contributed by atoms with Gasteiger partial charge in [0.05, 0.1) is 12.3 Å². The summed E-state index contributed by atoms with van der Waals surface area (Å²) in [5.41, 5.74) is 2.27. The molecule has 1 rings (SSSR count). The average molecular weight is 237 g/mol. The maximum Gasteiger partial charge on any atom is 0.0637 e. The molecule has 0 spiro atoms. The molecule has 0 radical (unpaired) electrons. The predicted octanol–water partition coefficient (Wildman–Crippen LogP) is 1.66. The van der Waals surface area contributed by atoms with Gasteiger partial charge in [-0.3, -0.25) is 4.98 Å². The van der Waals surface area contributed by atoms with Gasteiger partial charge in [-0.1, -0.05) is 0 Å². The summed E-state index contributed by atoms with van der Waals surface area (Å²) in [6, 6.07) is 4.64. The van der Waals surface area contributed by atoms with Gasteiger partial charge in [0.1, 0.15) is 0 Å². The molecule has 1 heterocycles. The highest BCUT2D eigenvalue weighted by atomic mass is 16.5. The van der Waals surface area contributed by atoms with Gasteiger partial charge in [0, 0.05) is 38.1 Å². The standard InChI is InChI=1S/C13H23N3O/c1-11(2)16(7-8-17-4)13-5-6-15-12(9-13)10-14-3/h5-6,9,11,14H,7-8,10H2,1-4H3. The first-order chi connectivity index (χ1) is 8.19. The monoisotopic (exact) mass is 237 g/mol. The molecule has 0 unspecified atom stereocenters. The van der Waals surface area contributed by atoms with Crippen LogP contribution in [0.2, 0.25) is 0 Å². The minimum atomic E-state index is 0.454. The first-order valence-corrected chi connectivity index (χ1v) is 6.04. The van der Waals surface area contributed by atoms with Crippen molar-refractivity contribution in [3.8, 4) is 0 Å². The topological polar surface area (TPSA) is 37.4 Å². The normalized spacial score (nSPS) is 10.9. The highest BCUT2D eigenvalue weighted by molar-refractivity contribution is 5.47. The summed E-state index contributed by atoms with van der Waals surface area (Å²) in [6.45, 7) is 6.81. The van der Waals surface area contributed by atoms with Crippen molar-refractivity contribution in [3.05, 3.63) is 24.0 Å². The summed E-state index contributed by atoms with van der Waals surface area (Å²) in [4.78, 5) is 6.65. The lowest BCUT2D eigenvalue weighted by Gasteiger charge is -2.29. The van der Waals surface area contributed by atoms with E-state index in [1.54, 1.807) is 7.11 Å². The quantitative estimate of drug-likeness (QED) is 0.782. The average Bonchev–Trinajstić information content (AvgIpc) is 2.30. The summed E-state index contributed by atoms with van der Waals surface area (Å²) >= 11 is 0. The molecule has 0 aliphatic rings. The Hall–Kier alpha value is -1.13. The largest absolute Gasteiger partial charge is 0.383 e. The van der Waals surface area contributed by atoms with Crippen molar-refractivity contribution >= 4 is 5.69 Å². The van der Waals surface area contributed by atoms with E-state index < -0.39 is 0 Å². The second-order valence-corrected chi connectivity index (χ2v) is 4.32. The molecule has 0 fully saturated rings. The van der Waals surface area contributed by atoms with E-state index in [1.807, 2.05) is 13.2 Å². The summed E-state index contributed by atoms with van der Waals surface area (Å²) in [5.74, 6) is 0. The van der Waals surface area contributed by atoms with Crippen LogP contribution in [0.3, 0.4) is 0 Å². The van der Waals surface area contributed by atoms with E-state index in [0.717, 1.165) is 25.4 Å². The van der Waals surface area contributed by atoms with Crippen LogP contribution in [0, 0.1) is 0 Å². The van der Waals surface area contributed by atoms with Crippen LogP contribution in [0.4, 0.5) is 5.69 Å². The van der Waals surface area contributed by atoms with Crippen molar-refractivity contribution in [2.75, 3.05) is 32.2 Å². The second-order valence-electron chi connectivity index (χ2n) is 4.32. The Bertz CT molecular complexity index is 328. The van der Waals surface area contributed by atoms with Crippen molar-refractivity contribution in [2.24, 2.45) is 0 Å². The van der Waals surface area contributed by atoms with Crippen LogP contribution in [0.1, 0.15) is 19.5 Å². The minimum Gasteiger partial charge on any atom is -0.383 e. The molecule has 0 atom stereocenters.